The van der Waals surface area contributed by atoms with E-state index in [9.17, 15) is 9.90 Å². The number of aliphatic hydroxyl groups is 1. The Bertz CT molecular complexity index is 1420. The monoisotopic (exact) mass is 470 g/mol. The van der Waals surface area contributed by atoms with Crippen LogP contribution in [-0.4, -0.2) is 42.0 Å². The lowest BCUT2D eigenvalue weighted by Gasteiger charge is -2.30. The summed E-state index contributed by atoms with van der Waals surface area (Å²) < 4.78 is 2.41. The van der Waals surface area contributed by atoms with Gasteiger partial charge in [-0.05, 0) is 49.3 Å². The van der Waals surface area contributed by atoms with Gasteiger partial charge in [0.05, 0.1) is 17.8 Å². The molecular formula is C27H30N6O2. The summed E-state index contributed by atoms with van der Waals surface area (Å²) >= 11 is 0. The Morgan fingerprint density at radius 2 is 1.86 bits per heavy atom. The number of para-hydroxylation sites is 1. The van der Waals surface area contributed by atoms with Crippen LogP contribution in [0.4, 0.5) is 11.8 Å². The molecule has 0 bridgehead atoms. The second-order valence-electron chi connectivity index (χ2n) is 10.0. The molecule has 3 aromatic heterocycles. The highest BCUT2D eigenvalue weighted by molar-refractivity contribution is 6.06. The van der Waals surface area contributed by atoms with Crippen molar-refractivity contribution in [2.24, 2.45) is 5.92 Å². The molecule has 1 aliphatic heterocycles. The summed E-state index contributed by atoms with van der Waals surface area (Å²) in [7, 11) is 0. The van der Waals surface area contributed by atoms with Crippen LogP contribution in [0.25, 0.3) is 21.9 Å². The lowest BCUT2D eigenvalue weighted by Crippen LogP contribution is -2.37. The molecule has 2 N–H and O–H groups in total. The molecule has 1 aliphatic carbocycles. The molecule has 4 heterocycles. The number of aliphatic hydroxyl groups excluding tert-OH is 1. The highest BCUT2D eigenvalue weighted by Crippen LogP contribution is 2.38. The lowest BCUT2D eigenvalue weighted by molar-refractivity contribution is -0.131. The van der Waals surface area contributed by atoms with Crippen LogP contribution in [0.5, 0.6) is 0 Å². The number of benzene rings is 1. The van der Waals surface area contributed by atoms with Crippen LogP contribution in [0.3, 0.4) is 0 Å². The minimum atomic E-state index is -0.816. The van der Waals surface area contributed by atoms with Crippen LogP contribution in [0.1, 0.15) is 62.9 Å². The highest BCUT2D eigenvalue weighted by Gasteiger charge is 2.27. The normalized spacial score (nSPS) is 22.4. The Kier molecular flexibility index (Phi) is 5.40. The zero-order valence-corrected chi connectivity index (χ0v) is 20.1. The topological polar surface area (TPSA) is 96.2 Å². The molecule has 0 spiro atoms. The van der Waals surface area contributed by atoms with Crippen molar-refractivity contribution in [2.75, 3.05) is 11.9 Å². The molecule has 6 rings (SSSR count). The third kappa shape index (κ3) is 3.91. The maximum Gasteiger partial charge on any atom is 0.230 e. The first-order valence-corrected chi connectivity index (χ1v) is 12.4. The van der Waals surface area contributed by atoms with Crippen LogP contribution in [0.15, 0.2) is 42.6 Å². The van der Waals surface area contributed by atoms with E-state index in [0.717, 1.165) is 35.4 Å². The fourth-order valence-corrected chi connectivity index (χ4v) is 5.62. The fraction of sp³-hybridized carbons (Fsp3) is 0.407. The molecule has 1 saturated carbocycles. The van der Waals surface area contributed by atoms with E-state index >= 15 is 0 Å². The average Bonchev–Trinajstić information content (AvgIpc) is 3.18. The summed E-state index contributed by atoms with van der Waals surface area (Å²) in [6, 6.07) is 12.7. The predicted molar refractivity (Wildman–Crippen MR) is 135 cm³/mol. The van der Waals surface area contributed by atoms with Crippen LogP contribution in [0, 0.1) is 5.92 Å². The third-order valence-electron chi connectivity index (χ3n) is 7.57. The highest BCUT2D eigenvalue weighted by atomic mass is 16.3. The lowest BCUT2D eigenvalue weighted by atomic mass is 9.87. The molecule has 35 heavy (non-hydrogen) atoms. The van der Waals surface area contributed by atoms with Gasteiger partial charge in [0.15, 0.2) is 0 Å². The van der Waals surface area contributed by atoms with Gasteiger partial charge in [-0.1, -0.05) is 31.2 Å². The molecule has 0 saturated heterocycles. The quantitative estimate of drug-likeness (QED) is 0.443. The van der Waals surface area contributed by atoms with E-state index in [1.165, 1.54) is 30.7 Å². The summed E-state index contributed by atoms with van der Waals surface area (Å²) in [5.41, 5.74) is 3.60. The van der Waals surface area contributed by atoms with Gasteiger partial charge in [0.1, 0.15) is 17.6 Å². The van der Waals surface area contributed by atoms with Gasteiger partial charge < -0.3 is 19.9 Å². The molecule has 8 heteroatoms. The average molecular weight is 471 g/mol. The van der Waals surface area contributed by atoms with Crippen molar-refractivity contribution >= 4 is 39.6 Å². The van der Waals surface area contributed by atoms with Crippen LogP contribution in [0.2, 0.25) is 0 Å². The number of aromatic nitrogens is 4. The van der Waals surface area contributed by atoms with Gasteiger partial charge in [-0.15, -0.1) is 0 Å². The first kappa shape index (κ1) is 22.0. The number of rotatable bonds is 3. The van der Waals surface area contributed by atoms with Gasteiger partial charge in [0.25, 0.3) is 0 Å². The number of anilines is 2. The number of hydrogen-bond donors (Lipinski definition) is 2. The van der Waals surface area contributed by atoms with Gasteiger partial charge in [-0.3, -0.25) is 4.79 Å². The third-order valence-corrected chi connectivity index (χ3v) is 7.57. The SMILES string of the molecule is CC(=O)N1Cc2ccc(Nc3ncc4c5ccccc5n([C@H]5CC[C@H](C)CC5)c4n3)nc2[C@H](O)C1. The number of pyridine rings is 1. The van der Waals surface area contributed by atoms with Gasteiger partial charge in [-0.2, -0.15) is 4.98 Å². The van der Waals surface area contributed by atoms with Crippen LogP contribution in [-0.2, 0) is 11.3 Å². The molecular weight excluding hydrogens is 440 g/mol. The first-order valence-electron chi connectivity index (χ1n) is 12.4. The van der Waals surface area contributed by atoms with Crippen molar-refractivity contribution in [3.05, 3.63) is 53.9 Å². The van der Waals surface area contributed by atoms with E-state index in [2.05, 4.69) is 51.0 Å². The number of β-amino-alcohol motifs (C(OH)–C–C–N with tert-alkyl or cyclic N) is 1. The fourth-order valence-electron chi connectivity index (χ4n) is 5.62. The summed E-state index contributed by atoms with van der Waals surface area (Å²) in [5, 5.41) is 16.1. The van der Waals surface area contributed by atoms with Gasteiger partial charge >= 0.3 is 0 Å². The van der Waals surface area contributed by atoms with E-state index in [-0.39, 0.29) is 12.5 Å². The largest absolute Gasteiger partial charge is 0.385 e. The number of nitrogens with zero attached hydrogens (tertiary/aromatic N) is 5. The molecule has 8 nitrogen and oxygen atoms in total. The predicted octanol–water partition coefficient (Wildman–Crippen LogP) is 4.87. The van der Waals surface area contributed by atoms with E-state index in [1.807, 2.05) is 18.3 Å². The minimum absolute atomic E-state index is 0.0542. The number of hydrogen-bond acceptors (Lipinski definition) is 6. The summed E-state index contributed by atoms with van der Waals surface area (Å²) in [5.74, 6) is 1.78. The van der Waals surface area contributed by atoms with E-state index < -0.39 is 6.10 Å². The standard InChI is InChI=1S/C27H30N6O2/c1-16-7-10-19(11-8-16)33-22-6-4-3-5-20(22)21-13-28-27(31-26(21)33)30-24-12-9-18-14-32(17(2)34)15-23(35)25(18)29-24/h3-6,9,12-13,16,19,23,35H,7-8,10-11,14-15H2,1-2H3,(H,28,29,30,31)/t16-,19-,23-/m1/s1. The van der Waals surface area contributed by atoms with Crippen LogP contribution >= 0.6 is 0 Å². The Morgan fingerprint density at radius 1 is 1.06 bits per heavy atom. The Labute approximate surface area is 204 Å². The van der Waals surface area contributed by atoms with Crippen molar-refractivity contribution in [3.8, 4) is 0 Å². The zero-order valence-electron chi connectivity index (χ0n) is 20.1. The van der Waals surface area contributed by atoms with E-state index in [0.29, 0.717) is 30.0 Å². The Morgan fingerprint density at radius 3 is 2.66 bits per heavy atom. The summed E-state index contributed by atoms with van der Waals surface area (Å²) in [6.45, 7) is 4.56. The molecule has 2 aliphatic rings. The Hall–Kier alpha value is -3.52. The maximum absolute atomic E-state index is 11.8. The van der Waals surface area contributed by atoms with Gasteiger partial charge in [0, 0.05) is 36.5 Å². The number of nitrogens with one attached hydrogen (secondary N) is 1. The van der Waals surface area contributed by atoms with Crippen LogP contribution < -0.4 is 5.32 Å². The van der Waals surface area contributed by atoms with E-state index in [1.54, 1.807) is 4.90 Å². The second-order valence-corrected chi connectivity index (χ2v) is 10.0. The second kappa shape index (κ2) is 8.61. The molecule has 4 aromatic rings. The Balaban J connectivity index is 1.36. The van der Waals surface area contributed by atoms with Crippen molar-refractivity contribution in [2.45, 2.75) is 58.2 Å². The van der Waals surface area contributed by atoms with Gasteiger partial charge in [0.2, 0.25) is 11.9 Å². The molecule has 1 fully saturated rings. The van der Waals surface area contributed by atoms with Gasteiger partial charge in [-0.25, -0.2) is 9.97 Å². The molecule has 0 unspecified atom stereocenters. The number of carbonyl (C=O) groups excluding carboxylic acids is 1. The number of amides is 1. The summed E-state index contributed by atoms with van der Waals surface area (Å²) in [4.78, 5) is 27.6. The van der Waals surface area contributed by atoms with Crippen molar-refractivity contribution < 1.29 is 9.90 Å². The number of carbonyl (C=O) groups is 1. The van der Waals surface area contributed by atoms with E-state index in [4.69, 9.17) is 4.98 Å². The molecule has 1 atom stereocenters. The van der Waals surface area contributed by atoms with Crippen molar-refractivity contribution in [3.63, 3.8) is 0 Å². The smallest absolute Gasteiger partial charge is 0.230 e. The maximum atomic E-state index is 11.8. The van der Waals surface area contributed by atoms with Crippen molar-refractivity contribution in [1.82, 2.24) is 24.4 Å². The molecule has 0 radical (unpaired) electrons. The molecule has 1 aromatic carbocycles. The van der Waals surface area contributed by atoms with Crippen molar-refractivity contribution in [1.29, 1.82) is 0 Å². The molecule has 180 valence electrons. The minimum Gasteiger partial charge on any atom is -0.385 e. The summed E-state index contributed by atoms with van der Waals surface area (Å²) in [6.07, 6.45) is 5.86. The first-order chi connectivity index (χ1) is 17.0. The molecule has 1 amide bonds. The zero-order chi connectivity index (χ0) is 24.1. The number of fused-ring (bicyclic) bond motifs is 4.